The van der Waals surface area contributed by atoms with Gasteiger partial charge in [-0.05, 0) is 12.8 Å². The van der Waals surface area contributed by atoms with E-state index in [1.165, 1.54) is 17.3 Å². The van der Waals surface area contributed by atoms with Crippen molar-refractivity contribution >= 4 is 11.9 Å². The number of carboxylic acid groups (broad SMARTS) is 1. The number of anilines is 1. The molecule has 1 aliphatic heterocycles. The monoisotopic (exact) mass is 316 g/mol. The van der Waals surface area contributed by atoms with Gasteiger partial charge in [-0.15, -0.1) is 0 Å². The Hall–Kier alpha value is -2.06. The molecule has 2 aliphatic rings. The van der Waals surface area contributed by atoms with Gasteiger partial charge in [-0.3, -0.25) is 4.98 Å². The van der Waals surface area contributed by atoms with Crippen LogP contribution in [0.3, 0.4) is 0 Å². The molecule has 2 fully saturated rings. The summed E-state index contributed by atoms with van der Waals surface area (Å²) in [4.78, 5) is 20.1. The van der Waals surface area contributed by atoms with Crippen molar-refractivity contribution in [3.8, 4) is 0 Å². The molecule has 1 saturated carbocycles. The van der Waals surface area contributed by atoms with Gasteiger partial charge >= 0.3 is 12.3 Å². The summed E-state index contributed by atoms with van der Waals surface area (Å²) in [6.45, 7) is 0.544. The van der Waals surface area contributed by atoms with Gasteiger partial charge in [0.1, 0.15) is 5.82 Å². The zero-order chi connectivity index (χ0) is 16.0. The van der Waals surface area contributed by atoms with Gasteiger partial charge in [0.05, 0.1) is 23.5 Å². The van der Waals surface area contributed by atoms with Crippen molar-refractivity contribution in [3.63, 3.8) is 0 Å². The van der Waals surface area contributed by atoms with E-state index in [1.54, 1.807) is 0 Å². The van der Waals surface area contributed by atoms with E-state index in [0.29, 0.717) is 24.6 Å². The van der Waals surface area contributed by atoms with Gasteiger partial charge in [0.25, 0.3) is 0 Å². The molecule has 0 spiro atoms. The van der Waals surface area contributed by atoms with Crippen LogP contribution in [0.1, 0.15) is 24.5 Å². The highest BCUT2D eigenvalue weighted by Gasteiger charge is 2.62. The molecule has 0 radical (unpaired) electrons. The summed E-state index contributed by atoms with van der Waals surface area (Å²) in [5, 5.41) is 11.4. The summed E-state index contributed by atoms with van der Waals surface area (Å²) in [5.74, 6) is 0.302. The molecule has 1 aromatic rings. The Labute approximate surface area is 124 Å². The number of amides is 1. The lowest BCUT2D eigenvalue weighted by atomic mass is 9.97. The normalized spacial score (nSPS) is 20.4. The molecule has 2 heterocycles. The Balaban J connectivity index is 1.54. The molecule has 2 N–H and O–H groups in total. The van der Waals surface area contributed by atoms with Crippen molar-refractivity contribution in [2.75, 3.05) is 25.0 Å². The Kier molecular flexibility index (Phi) is 3.37. The van der Waals surface area contributed by atoms with Crippen LogP contribution in [0, 0.1) is 5.41 Å². The molecular formula is C13H15F3N4O2. The zero-order valence-corrected chi connectivity index (χ0v) is 11.6. The molecule has 1 aromatic heterocycles. The van der Waals surface area contributed by atoms with Crippen LogP contribution < -0.4 is 5.32 Å². The maximum Gasteiger partial charge on any atom is 0.407 e. The number of alkyl halides is 3. The summed E-state index contributed by atoms with van der Waals surface area (Å²) < 4.78 is 38.4. The minimum atomic E-state index is -4.19. The van der Waals surface area contributed by atoms with Crippen molar-refractivity contribution in [3.05, 3.63) is 18.1 Å². The smallest absolute Gasteiger partial charge is 0.407 e. The third-order valence-corrected chi connectivity index (χ3v) is 4.30. The molecular weight excluding hydrogens is 301 g/mol. The molecule has 0 aromatic carbocycles. The summed E-state index contributed by atoms with van der Waals surface area (Å²) in [5.41, 5.74) is -0.969. The first-order valence-electron chi connectivity index (χ1n) is 6.91. The number of hydrogen-bond acceptors (Lipinski definition) is 4. The standard InChI is InChI=1S/C13H15F3N4O2/c14-13(15,16)12(1-2-12)7-19-10-4-17-9(3-18-10)8-5-20(6-8)11(21)22/h3-4,8H,1-2,5-7H2,(H,18,19)(H,21,22). The van der Waals surface area contributed by atoms with Crippen LogP contribution in [-0.4, -0.2) is 51.9 Å². The van der Waals surface area contributed by atoms with Crippen LogP contribution >= 0.6 is 0 Å². The quantitative estimate of drug-likeness (QED) is 0.891. The van der Waals surface area contributed by atoms with E-state index in [-0.39, 0.29) is 25.3 Å². The van der Waals surface area contributed by atoms with Crippen LogP contribution in [0.4, 0.5) is 23.8 Å². The number of carbonyl (C=O) groups is 1. The highest BCUT2D eigenvalue weighted by molar-refractivity contribution is 5.66. The lowest BCUT2D eigenvalue weighted by molar-refractivity contribution is -0.182. The van der Waals surface area contributed by atoms with Crippen LogP contribution in [0.25, 0.3) is 0 Å². The van der Waals surface area contributed by atoms with Gasteiger partial charge in [-0.2, -0.15) is 13.2 Å². The van der Waals surface area contributed by atoms with E-state index < -0.39 is 17.7 Å². The third-order valence-electron chi connectivity index (χ3n) is 4.30. The number of nitrogens with one attached hydrogen (secondary N) is 1. The van der Waals surface area contributed by atoms with Gasteiger partial charge in [0.15, 0.2) is 0 Å². The largest absolute Gasteiger partial charge is 0.465 e. The van der Waals surface area contributed by atoms with E-state index in [9.17, 15) is 18.0 Å². The summed E-state index contributed by atoms with van der Waals surface area (Å²) >= 11 is 0. The second-order valence-electron chi connectivity index (χ2n) is 5.84. The number of hydrogen-bond donors (Lipinski definition) is 2. The number of halogens is 3. The van der Waals surface area contributed by atoms with Crippen LogP contribution in [0.15, 0.2) is 12.4 Å². The summed E-state index contributed by atoms with van der Waals surface area (Å²) in [6.07, 6.45) is -2.00. The second kappa shape index (κ2) is 4.99. The van der Waals surface area contributed by atoms with Gasteiger partial charge in [-0.25, -0.2) is 9.78 Å². The SMILES string of the molecule is O=C(O)N1CC(c2cnc(NCC3(C(F)(F)F)CC3)cn2)C1. The Morgan fingerprint density at radius 1 is 1.36 bits per heavy atom. The predicted octanol–water partition coefficient (Wildman–Crippen LogP) is 2.31. The van der Waals surface area contributed by atoms with E-state index in [4.69, 9.17) is 5.11 Å². The lowest BCUT2D eigenvalue weighted by Gasteiger charge is -2.36. The van der Waals surface area contributed by atoms with E-state index >= 15 is 0 Å². The van der Waals surface area contributed by atoms with Crippen molar-refractivity contribution in [1.82, 2.24) is 14.9 Å². The lowest BCUT2D eigenvalue weighted by Crippen LogP contribution is -2.48. The topological polar surface area (TPSA) is 78.3 Å². The molecule has 1 saturated heterocycles. The zero-order valence-electron chi connectivity index (χ0n) is 11.6. The van der Waals surface area contributed by atoms with Gasteiger partial charge < -0.3 is 15.3 Å². The number of likely N-dealkylation sites (tertiary alicyclic amines) is 1. The predicted molar refractivity (Wildman–Crippen MR) is 70.6 cm³/mol. The molecule has 0 atom stereocenters. The average Bonchev–Trinajstić information content (AvgIpc) is 3.16. The van der Waals surface area contributed by atoms with Crippen molar-refractivity contribution in [1.29, 1.82) is 0 Å². The molecule has 1 amide bonds. The van der Waals surface area contributed by atoms with Gasteiger partial charge in [0, 0.05) is 25.6 Å². The average molecular weight is 316 g/mol. The van der Waals surface area contributed by atoms with Crippen molar-refractivity contribution < 1.29 is 23.1 Å². The fraction of sp³-hybridized carbons (Fsp3) is 0.615. The van der Waals surface area contributed by atoms with Crippen molar-refractivity contribution in [2.45, 2.75) is 24.9 Å². The van der Waals surface area contributed by atoms with Crippen LogP contribution in [0.2, 0.25) is 0 Å². The minimum Gasteiger partial charge on any atom is -0.465 e. The highest BCUT2D eigenvalue weighted by Crippen LogP contribution is 2.57. The Morgan fingerprint density at radius 3 is 2.50 bits per heavy atom. The summed E-state index contributed by atoms with van der Waals surface area (Å²) in [6, 6.07) is 0. The number of rotatable bonds is 4. The minimum absolute atomic E-state index is 0.00241. The fourth-order valence-electron chi connectivity index (χ4n) is 2.43. The molecule has 22 heavy (non-hydrogen) atoms. The van der Waals surface area contributed by atoms with Crippen LogP contribution in [-0.2, 0) is 0 Å². The van der Waals surface area contributed by atoms with E-state index in [1.807, 2.05) is 0 Å². The van der Waals surface area contributed by atoms with Gasteiger partial charge in [-0.1, -0.05) is 0 Å². The molecule has 120 valence electrons. The Morgan fingerprint density at radius 2 is 2.05 bits per heavy atom. The fourth-order valence-corrected chi connectivity index (χ4v) is 2.43. The third kappa shape index (κ3) is 2.67. The van der Waals surface area contributed by atoms with Crippen molar-refractivity contribution in [2.24, 2.45) is 5.41 Å². The first-order chi connectivity index (χ1) is 10.3. The maximum atomic E-state index is 12.8. The molecule has 3 rings (SSSR count). The van der Waals surface area contributed by atoms with E-state index in [2.05, 4.69) is 15.3 Å². The van der Waals surface area contributed by atoms with E-state index in [0.717, 1.165) is 0 Å². The number of aromatic nitrogens is 2. The maximum absolute atomic E-state index is 12.8. The van der Waals surface area contributed by atoms with Crippen LogP contribution in [0.5, 0.6) is 0 Å². The molecule has 6 nitrogen and oxygen atoms in total. The Bertz CT molecular complexity index is 566. The molecule has 1 aliphatic carbocycles. The number of nitrogens with zero attached hydrogens (tertiary/aromatic N) is 3. The first kappa shape index (κ1) is 14.9. The highest BCUT2D eigenvalue weighted by atomic mass is 19.4. The molecule has 0 bridgehead atoms. The second-order valence-corrected chi connectivity index (χ2v) is 5.84. The summed E-state index contributed by atoms with van der Waals surface area (Å²) in [7, 11) is 0. The molecule has 0 unspecified atom stereocenters. The first-order valence-corrected chi connectivity index (χ1v) is 6.91. The molecule has 9 heteroatoms. The van der Waals surface area contributed by atoms with Gasteiger partial charge in [0.2, 0.25) is 0 Å².